The molecule has 0 unspecified atom stereocenters. The van der Waals surface area contributed by atoms with Crippen LogP contribution in [0.1, 0.15) is 11.3 Å². The first-order valence-electron chi connectivity index (χ1n) is 4.59. The van der Waals surface area contributed by atoms with Crippen LogP contribution in [0.4, 0.5) is 13.2 Å². The van der Waals surface area contributed by atoms with E-state index in [0.717, 1.165) is 6.07 Å². The molecule has 2 rings (SSSR count). The summed E-state index contributed by atoms with van der Waals surface area (Å²) in [5.74, 6) is 0. The maximum Gasteiger partial charge on any atom is 0.431 e. The Morgan fingerprint density at radius 1 is 1.19 bits per heavy atom. The minimum absolute atomic E-state index is 0.271. The van der Waals surface area contributed by atoms with Crippen molar-refractivity contribution in [2.45, 2.75) is 13.1 Å². The van der Waals surface area contributed by atoms with Crippen LogP contribution in [0.2, 0.25) is 0 Å². The third-order valence-electron chi connectivity index (χ3n) is 2.41. The molecule has 16 heavy (non-hydrogen) atoms. The SMILES string of the molecule is Cc1cccc2c(=O)[nH]c(C(F)(F)F)cc12. The van der Waals surface area contributed by atoms with E-state index >= 15 is 0 Å². The van der Waals surface area contributed by atoms with Crippen LogP contribution >= 0.6 is 0 Å². The summed E-state index contributed by atoms with van der Waals surface area (Å²) in [5, 5.41) is 0.603. The van der Waals surface area contributed by atoms with Gasteiger partial charge in [0.1, 0.15) is 5.69 Å². The number of rotatable bonds is 0. The van der Waals surface area contributed by atoms with Gasteiger partial charge in [0.05, 0.1) is 0 Å². The molecule has 0 spiro atoms. The Morgan fingerprint density at radius 3 is 2.50 bits per heavy atom. The number of nitrogens with one attached hydrogen (secondary N) is 1. The highest BCUT2D eigenvalue weighted by atomic mass is 19.4. The minimum Gasteiger partial charge on any atom is -0.318 e. The van der Waals surface area contributed by atoms with E-state index in [1.807, 2.05) is 4.98 Å². The van der Waals surface area contributed by atoms with Gasteiger partial charge in [-0.15, -0.1) is 0 Å². The minimum atomic E-state index is -4.53. The molecule has 1 heterocycles. The Kier molecular flexibility index (Phi) is 2.26. The van der Waals surface area contributed by atoms with Gasteiger partial charge in [-0.1, -0.05) is 12.1 Å². The van der Waals surface area contributed by atoms with Gasteiger partial charge in [-0.2, -0.15) is 13.2 Å². The van der Waals surface area contributed by atoms with Crippen LogP contribution in [0.15, 0.2) is 29.1 Å². The predicted octanol–water partition coefficient (Wildman–Crippen LogP) is 2.86. The molecule has 0 radical (unpaired) electrons. The molecule has 0 bridgehead atoms. The second-order valence-corrected chi connectivity index (χ2v) is 3.55. The molecule has 0 saturated carbocycles. The first-order valence-corrected chi connectivity index (χ1v) is 4.59. The lowest BCUT2D eigenvalue weighted by Crippen LogP contribution is -2.16. The number of benzene rings is 1. The molecule has 0 saturated heterocycles. The van der Waals surface area contributed by atoms with Crippen molar-refractivity contribution in [3.63, 3.8) is 0 Å². The Labute approximate surface area is 88.7 Å². The van der Waals surface area contributed by atoms with E-state index in [9.17, 15) is 18.0 Å². The zero-order valence-electron chi connectivity index (χ0n) is 8.35. The van der Waals surface area contributed by atoms with E-state index in [0.29, 0.717) is 10.9 Å². The summed E-state index contributed by atoms with van der Waals surface area (Å²) in [5.41, 5.74) is -1.08. The average molecular weight is 227 g/mol. The first-order chi connectivity index (χ1) is 7.39. The van der Waals surface area contributed by atoms with Crippen LogP contribution < -0.4 is 5.56 Å². The molecular formula is C11H8F3NO. The molecule has 84 valence electrons. The van der Waals surface area contributed by atoms with Crippen LogP contribution in [0, 0.1) is 6.92 Å². The van der Waals surface area contributed by atoms with Gasteiger partial charge in [0.2, 0.25) is 0 Å². The number of aromatic nitrogens is 1. The van der Waals surface area contributed by atoms with Crippen LogP contribution in [-0.4, -0.2) is 4.98 Å². The summed E-state index contributed by atoms with van der Waals surface area (Å²) in [4.78, 5) is 13.3. The fraction of sp³-hybridized carbons (Fsp3) is 0.182. The molecule has 2 aromatic rings. The number of hydrogen-bond donors (Lipinski definition) is 1. The lowest BCUT2D eigenvalue weighted by atomic mass is 10.1. The Balaban J connectivity index is 2.86. The number of aromatic amines is 1. The summed E-state index contributed by atoms with van der Waals surface area (Å²) in [6.07, 6.45) is -4.53. The van der Waals surface area contributed by atoms with Crippen molar-refractivity contribution in [3.8, 4) is 0 Å². The second kappa shape index (κ2) is 3.37. The Bertz CT molecular complexity index is 598. The Morgan fingerprint density at radius 2 is 1.88 bits per heavy atom. The van der Waals surface area contributed by atoms with Gasteiger partial charge in [-0.3, -0.25) is 4.79 Å². The fourth-order valence-electron chi connectivity index (χ4n) is 1.59. The van der Waals surface area contributed by atoms with E-state index in [1.54, 1.807) is 19.1 Å². The highest BCUT2D eigenvalue weighted by Crippen LogP contribution is 2.29. The van der Waals surface area contributed by atoms with Crippen LogP contribution in [0.5, 0.6) is 0 Å². The average Bonchev–Trinajstić information content (AvgIpc) is 2.18. The van der Waals surface area contributed by atoms with Crippen molar-refractivity contribution in [2.75, 3.05) is 0 Å². The smallest absolute Gasteiger partial charge is 0.318 e. The molecule has 1 aromatic carbocycles. The molecule has 1 aromatic heterocycles. The van der Waals surface area contributed by atoms with Crippen molar-refractivity contribution in [3.05, 3.63) is 45.9 Å². The maximum absolute atomic E-state index is 12.5. The van der Waals surface area contributed by atoms with Gasteiger partial charge in [-0.05, 0) is 30.0 Å². The summed E-state index contributed by atoms with van der Waals surface area (Å²) >= 11 is 0. The number of hydrogen-bond acceptors (Lipinski definition) is 1. The molecular weight excluding hydrogens is 219 g/mol. The molecule has 0 aliphatic heterocycles. The topological polar surface area (TPSA) is 32.9 Å². The molecule has 0 aliphatic rings. The molecule has 2 nitrogen and oxygen atoms in total. The number of halogens is 3. The molecule has 0 amide bonds. The number of fused-ring (bicyclic) bond motifs is 1. The van der Waals surface area contributed by atoms with E-state index in [1.165, 1.54) is 6.07 Å². The normalized spacial score (nSPS) is 12.0. The van der Waals surface area contributed by atoms with Gasteiger partial charge in [0.15, 0.2) is 0 Å². The van der Waals surface area contributed by atoms with E-state index in [-0.39, 0.29) is 5.39 Å². The fourth-order valence-corrected chi connectivity index (χ4v) is 1.59. The van der Waals surface area contributed by atoms with Gasteiger partial charge < -0.3 is 4.98 Å². The highest BCUT2D eigenvalue weighted by Gasteiger charge is 2.32. The second-order valence-electron chi connectivity index (χ2n) is 3.55. The number of H-pyrrole nitrogens is 1. The number of aryl methyl sites for hydroxylation is 1. The summed E-state index contributed by atoms with van der Waals surface area (Å²) in [7, 11) is 0. The van der Waals surface area contributed by atoms with E-state index in [4.69, 9.17) is 0 Å². The first kappa shape index (κ1) is 10.7. The van der Waals surface area contributed by atoms with Crippen molar-refractivity contribution in [1.82, 2.24) is 4.98 Å². The van der Waals surface area contributed by atoms with Crippen LogP contribution in [-0.2, 0) is 6.18 Å². The van der Waals surface area contributed by atoms with Crippen molar-refractivity contribution >= 4 is 10.8 Å². The molecule has 0 atom stereocenters. The standard InChI is InChI=1S/C11H8F3NO/c1-6-3-2-4-7-8(6)5-9(11(12,13)14)15-10(7)16/h2-5H,1H3,(H,15,16). The van der Waals surface area contributed by atoms with Crippen molar-refractivity contribution < 1.29 is 13.2 Å². The quantitative estimate of drug-likeness (QED) is 0.737. The largest absolute Gasteiger partial charge is 0.431 e. The summed E-state index contributed by atoms with van der Waals surface area (Å²) in [6.45, 7) is 1.67. The number of pyridine rings is 1. The summed E-state index contributed by atoms with van der Waals surface area (Å²) < 4.78 is 37.4. The lowest BCUT2D eigenvalue weighted by molar-refractivity contribution is -0.141. The third kappa shape index (κ3) is 1.68. The van der Waals surface area contributed by atoms with Crippen molar-refractivity contribution in [2.24, 2.45) is 0 Å². The van der Waals surface area contributed by atoms with Gasteiger partial charge in [0.25, 0.3) is 5.56 Å². The van der Waals surface area contributed by atoms with Crippen LogP contribution in [0.25, 0.3) is 10.8 Å². The molecule has 0 fully saturated rings. The number of alkyl halides is 3. The zero-order chi connectivity index (χ0) is 11.9. The van der Waals surface area contributed by atoms with Gasteiger partial charge in [0, 0.05) is 5.39 Å². The molecule has 5 heteroatoms. The van der Waals surface area contributed by atoms with Crippen molar-refractivity contribution in [1.29, 1.82) is 0 Å². The van der Waals surface area contributed by atoms with Crippen LogP contribution in [0.3, 0.4) is 0 Å². The molecule has 1 N–H and O–H groups in total. The van der Waals surface area contributed by atoms with Gasteiger partial charge in [-0.25, -0.2) is 0 Å². The molecule has 0 aliphatic carbocycles. The predicted molar refractivity (Wildman–Crippen MR) is 54.3 cm³/mol. The maximum atomic E-state index is 12.5. The summed E-state index contributed by atoms with van der Waals surface area (Å²) in [6, 6.07) is 5.77. The van der Waals surface area contributed by atoms with Gasteiger partial charge >= 0.3 is 6.18 Å². The third-order valence-corrected chi connectivity index (χ3v) is 2.41. The van der Waals surface area contributed by atoms with E-state index < -0.39 is 17.4 Å². The lowest BCUT2D eigenvalue weighted by Gasteiger charge is -2.08. The van der Waals surface area contributed by atoms with E-state index in [2.05, 4.69) is 0 Å². The Hall–Kier alpha value is -1.78. The monoisotopic (exact) mass is 227 g/mol. The zero-order valence-corrected chi connectivity index (χ0v) is 8.35. The highest BCUT2D eigenvalue weighted by molar-refractivity contribution is 5.85.